The number of esters is 1. The van der Waals surface area contributed by atoms with E-state index in [0.717, 1.165) is 16.7 Å². The summed E-state index contributed by atoms with van der Waals surface area (Å²) >= 11 is 0. The van der Waals surface area contributed by atoms with Gasteiger partial charge in [-0.1, -0.05) is 24.0 Å². The number of carbonyl (C=O) groups excluding carboxylic acids is 1. The molecule has 1 rings (SSSR count). The number of aliphatic hydroxyl groups excluding tert-OH is 1. The number of methoxy groups -OCH3 is 1. The maximum atomic E-state index is 10.8. The van der Waals surface area contributed by atoms with Crippen LogP contribution in [0.25, 0.3) is 0 Å². The van der Waals surface area contributed by atoms with E-state index in [1.54, 1.807) is 0 Å². The van der Waals surface area contributed by atoms with Crippen molar-refractivity contribution in [3.63, 3.8) is 0 Å². The molecular weight excluding hydrogens is 204 g/mol. The molecule has 1 aromatic rings. The van der Waals surface area contributed by atoms with Crippen LogP contribution in [0, 0.1) is 18.8 Å². The number of ether oxygens (including phenoxy) is 1. The molecule has 0 aromatic heterocycles. The molecule has 84 valence electrons. The lowest BCUT2D eigenvalue weighted by molar-refractivity contribution is -0.139. The van der Waals surface area contributed by atoms with Crippen molar-refractivity contribution in [1.29, 1.82) is 0 Å². The zero-order valence-electron chi connectivity index (χ0n) is 9.41. The van der Waals surface area contributed by atoms with E-state index in [9.17, 15) is 4.79 Å². The standard InChI is InChI=1S/C13H14O3/c1-10-6-7-11(9-14)8-12(10)4-3-5-13(15)16-2/h6-8,14H,5,9H2,1-2H3. The predicted molar refractivity (Wildman–Crippen MR) is 60.6 cm³/mol. The monoisotopic (exact) mass is 218 g/mol. The average molecular weight is 218 g/mol. The molecule has 3 heteroatoms. The maximum absolute atomic E-state index is 10.8. The molecule has 0 saturated heterocycles. The number of hydrogen-bond acceptors (Lipinski definition) is 3. The van der Waals surface area contributed by atoms with Gasteiger partial charge in [0.1, 0.15) is 6.42 Å². The summed E-state index contributed by atoms with van der Waals surface area (Å²) in [5.41, 5.74) is 2.66. The lowest BCUT2D eigenvalue weighted by Crippen LogP contribution is -1.97. The molecule has 0 unspecified atom stereocenters. The first-order valence-corrected chi connectivity index (χ1v) is 4.93. The van der Waals surface area contributed by atoms with Crippen LogP contribution in [-0.4, -0.2) is 18.2 Å². The SMILES string of the molecule is COC(=O)CC#Cc1cc(CO)ccc1C. The number of carbonyl (C=O) groups is 1. The Hall–Kier alpha value is -1.79. The van der Waals surface area contributed by atoms with Gasteiger partial charge in [-0.3, -0.25) is 4.79 Å². The van der Waals surface area contributed by atoms with Crippen LogP contribution in [0.2, 0.25) is 0 Å². The highest BCUT2D eigenvalue weighted by atomic mass is 16.5. The van der Waals surface area contributed by atoms with Crippen molar-refractivity contribution >= 4 is 5.97 Å². The number of hydrogen-bond donors (Lipinski definition) is 1. The van der Waals surface area contributed by atoms with Crippen molar-refractivity contribution in [2.24, 2.45) is 0 Å². The minimum absolute atomic E-state index is 0.00797. The molecule has 0 aliphatic rings. The van der Waals surface area contributed by atoms with E-state index >= 15 is 0 Å². The van der Waals surface area contributed by atoms with Gasteiger partial charge in [0.15, 0.2) is 0 Å². The van der Waals surface area contributed by atoms with Crippen LogP contribution >= 0.6 is 0 Å². The van der Waals surface area contributed by atoms with E-state index in [4.69, 9.17) is 5.11 Å². The van der Waals surface area contributed by atoms with Gasteiger partial charge in [-0.2, -0.15) is 0 Å². The second-order valence-electron chi connectivity index (χ2n) is 3.36. The van der Waals surface area contributed by atoms with Crippen LogP contribution < -0.4 is 0 Å². The first kappa shape index (κ1) is 12.3. The molecule has 0 radical (unpaired) electrons. The van der Waals surface area contributed by atoms with Crippen LogP contribution in [0.1, 0.15) is 23.1 Å². The number of rotatable bonds is 2. The summed E-state index contributed by atoms with van der Waals surface area (Å²) in [6.45, 7) is 1.93. The lowest BCUT2D eigenvalue weighted by Gasteiger charge is -2.00. The smallest absolute Gasteiger partial charge is 0.317 e. The van der Waals surface area contributed by atoms with Crippen molar-refractivity contribution in [1.82, 2.24) is 0 Å². The van der Waals surface area contributed by atoms with Crippen LogP contribution in [0.3, 0.4) is 0 Å². The Bertz CT molecular complexity index is 438. The number of aryl methyl sites for hydroxylation is 1. The normalized spacial score (nSPS) is 9.19. The molecule has 16 heavy (non-hydrogen) atoms. The summed E-state index contributed by atoms with van der Waals surface area (Å²) in [6, 6.07) is 5.56. The zero-order valence-corrected chi connectivity index (χ0v) is 9.41. The summed E-state index contributed by atoms with van der Waals surface area (Å²) in [6.07, 6.45) is 0.0826. The van der Waals surface area contributed by atoms with E-state index in [-0.39, 0.29) is 19.0 Å². The molecule has 1 N–H and O–H groups in total. The largest absolute Gasteiger partial charge is 0.468 e. The summed E-state index contributed by atoms with van der Waals surface area (Å²) in [4.78, 5) is 10.8. The summed E-state index contributed by atoms with van der Waals surface area (Å²) in [7, 11) is 1.33. The van der Waals surface area contributed by atoms with Gasteiger partial charge in [-0.25, -0.2) is 0 Å². The summed E-state index contributed by atoms with van der Waals surface area (Å²) in [5, 5.41) is 8.98. The molecule has 1 aromatic carbocycles. The van der Waals surface area contributed by atoms with E-state index in [0.29, 0.717) is 0 Å². The fourth-order valence-corrected chi connectivity index (χ4v) is 1.19. The molecule has 0 saturated carbocycles. The van der Waals surface area contributed by atoms with Gasteiger partial charge in [-0.15, -0.1) is 0 Å². The highest BCUT2D eigenvalue weighted by Crippen LogP contribution is 2.09. The van der Waals surface area contributed by atoms with Gasteiger partial charge in [0.25, 0.3) is 0 Å². The molecule has 0 aliphatic carbocycles. The van der Waals surface area contributed by atoms with Crippen molar-refractivity contribution in [3.05, 3.63) is 34.9 Å². The molecule has 0 fully saturated rings. The molecule has 0 amide bonds. The second-order valence-corrected chi connectivity index (χ2v) is 3.36. The van der Waals surface area contributed by atoms with Crippen molar-refractivity contribution < 1.29 is 14.6 Å². The maximum Gasteiger partial charge on any atom is 0.317 e. The van der Waals surface area contributed by atoms with Gasteiger partial charge in [0.05, 0.1) is 13.7 Å². The molecular formula is C13H14O3. The Morgan fingerprint density at radius 3 is 2.88 bits per heavy atom. The average Bonchev–Trinajstić information content (AvgIpc) is 2.31. The number of benzene rings is 1. The van der Waals surface area contributed by atoms with Crippen molar-refractivity contribution in [2.75, 3.05) is 7.11 Å². The van der Waals surface area contributed by atoms with Gasteiger partial charge < -0.3 is 9.84 Å². The minimum Gasteiger partial charge on any atom is -0.468 e. The van der Waals surface area contributed by atoms with Crippen LogP contribution in [0.4, 0.5) is 0 Å². The Kier molecular flexibility index (Phi) is 4.56. The summed E-state index contributed by atoms with van der Waals surface area (Å²) in [5.74, 6) is 5.29. The molecule has 0 spiro atoms. The summed E-state index contributed by atoms with van der Waals surface area (Å²) < 4.78 is 4.48. The molecule has 0 atom stereocenters. The third-order valence-corrected chi connectivity index (χ3v) is 2.17. The Balaban J connectivity index is 2.83. The Morgan fingerprint density at radius 2 is 2.25 bits per heavy atom. The third-order valence-electron chi connectivity index (χ3n) is 2.17. The lowest BCUT2D eigenvalue weighted by atomic mass is 10.1. The zero-order chi connectivity index (χ0) is 12.0. The number of aliphatic hydroxyl groups is 1. The minimum atomic E-state index is -0.344. The van der Waals surface area contributed by atoms with E-state index in [2.05, 4.69) is 16.6 Å². The Morgan fingerprint density at radius 1 is 1.50 bits per heavy atom. The van der Waals surface area contributed by atoms with E-state index in [1.165, 1.54) is 7.11 Å². The van der Waals surface area contributed by atoms with E-state index < -0.39 is 0 Å². The second kappa shape index (κ2) is 5.94. The molecule has 0 heterocycles. The van der Waals surface area contributed by atoms with Gasteiger partial charge in [0.2, 0.25) is 0 Å². The first-order valence-electron chi connectivity index (χ1n) is 4.93. The van der Waals surface area contributed by atoms with Gasteiger partial charge >= 0.3 is 5.97 Å². The highest BCUT2D eigenvalue weighted by Gasteiger charge is 1.98. The van der Waals surface area contributed by atoms with Crippen LogP contribution in [-0.2, 0) is 16.1 Å². The van der Waals surface area contributed by atoms with Crippen molar-refractivity contribution in [3.8, 4) is 11.8 Å². The molecule has 0 aliphatic heterocycles. The third kappa shape index (κ3) is 3.41. The Labute approximate surface area is 95.1 Å². The van der Waals surface area contributed by atoms with E-state index in [1.807, 2.05) is 25.1 Å². The fourth-order valence-electron chi connectivity index (χ4n) is 1.19. The quantitative estimate of drug-likeness (QED) is 0.603. The molecule has 3 nitrogen and oxygen atoms in total. The van der Waals surface area contributed by atoms with Crippen LogP contribution in [0.15, 0.2) is 18.2 Å². The van der Waals surface area contributed by atoms with Crippen molar-refractivity contribution in [2.45, 2.75) is 20.0 Å². The van der Waals surface area contributed by atoms with Crippen LogP contribution in [0.5, 0.6) is 0 Å². The first-order chi connectivity index (χ1) is 7.67. The predicted octanol–water partition coefficient (Wildman–Crippen LogP) is 1.40. The van der Waals surface area contributed by atoms with Gasteiger partial charge in [0, 0.05) is 5.56 Å². The van der Waals surface area contributed by atoms with Gasteiger partial charge in [-0.05, 0) is 24.1 Å². The highest BCUT2D eigenvalue weighted by molar-refractivity contribution is 5.72. The fraction of sp³-hybridized carbons (Fsp3) is 0.308. The molecule has 0 bridgehead atoms. The topological polar surface area (TPSA) is 46.5 Å².